The van der Waals surface area contributed by atoms with E-state index in [-0.39, 0.29) is 30.5 Å². The van der Waals surface area contributed by atoms with E-state index in [4.69, 9.17) is 4.74 Å². The number of rotatable bonds is 6. The van der Waals surface area contributed by atoms with E-state index >= 15 is 0 Å². The van der Waals surface area contributed by atoms with E-state index < -0.39 is 0 Å². The number of aromatic nitrogens is 1. The molecule has 0 aliphatic rings. The quantitative estimate of drug-likeness (QED) is 0.796. The lowest BCUT2D eigenvalue weighted by molar-refractivity contribution is -0.142. The lowest BCUT2D eigenvalue weighted by Crippen LogP contribution is -2.14. The highest BCUT2D eigenvalue weighted by atomic mass is 32.1. The summed E-state index contributed by atoms with van der Waals surface area (Å²) in [6.07, 6.45) is 0.283. The molecular formula is C15H16N2O4S. The summed E-state index contributed by atoms with van der Waals surface area (Å²) in [6.45, 7) is 2.08. The van der Waals surface area contributed by atoms with Crippen LogP contribution in [0.4, 0.5) is 5.13 Å². The van der Waals surface area contributed by atoms with Crippen molar-refractivity contribution in [1.29, 1.82) is 0 Å². The Morgan fingerprint density at radius 2 is 2.00 bits per heavy atom. The van der Waals surface area contributed by atoms with Gasteiger partial charge in [-0.2, -0.15) is 0 Å². The predicted molar refractivity (Wildman–Crippen MR) is 82.9 cm³/mol. The number of esters is 1. The molecule has 1 aromatic carbocycles. The number of carbonyl (C=O) groups excluding carboxylic acids is 2. The Bertz CT molecular complexity index is 652. The van der Waals surface area contributed by atoms with Crippen molar-refractivity contribution in [3.8, 4) is 5.75 Å². The monoisotopic (exact) mass is 320 g/mol. The molecule has 0 aliphatic heterocycles. The maximum atomic E-state index is 11.9. The predicted octanol–water partition coefficient (Wildman–Crippen LogP) is 2.14. The summed E-state index contributed by atoms with van der Waals surface area (Å²) in [5.74, 6) is -0.384. The molecule has 1 amide bonds. The van der Waals surface area contributed by atoms with Gasteiger partial charge in [0.05, 0.1) is 25.1 Å². The molecule has 7 heteroatoms. The molecule has 22 heavy (non-hydrogen) atoms. The van der Waals surface area contributed by atoms with Gasteiger partial charge in [0.15, 0.2) is 5.13 Å². The fraction of sp³-hybridized carbons (Fsp3) is 0.267. The maximum Gasteiger partial charge on any atom is 0.311 e. The van der Waals surface area contributed by atoms with E-state index in [2.05, 4.69) is 10.3 Å². The first-order valence-corrected chi connectivity index (χ1v) is 7.62. The minimum absolute atomic E-state index is 0.0954. The molecule has 0 aliphatic carbocycles. The third-order valence-electron chi connectivity index (χ3n) is 2.73. The molecule has 0 saturated carbocycles. The fourth-order valence-electron chi connectivity index (χ4n) is 1.77. The lowest BCUT2D eigenvalue weighted by atomic mass is 10.1. The molecule has 2 aromatic rings. The van der Waals surface area contributed by atoms with Gasteiger partial charge in [-0.25, -0.2) is 4.98 Å². The summed E-state index contributed by atoms with van der Waals surface area (Å²) in [5, 5.41) is 14.0. The van der Waals surface area contributed by atoms with E-state index in [1.165, 1.54) is 23.5 Å². The number of nitrogens with zero attached hydrogens (tertiary/aromatic N) is 1. The number of ether oxygens (including phenoxy) is 1. The Labute approximate surface area is 131 Å². The van der Waals surface area contributed by atoms with Crippen molar-refractivity contribution in [2.45, 2.75) is 19.8 Å². The van der Waals surface area contributed by atoms with E-state index in [1.807, 2.05) is 0 Å². The summed E-state index contributed by atoms with van der Waals surface area (Å²) in [7, 11) is 0. The van der Waals surface area contributed by atoms with Crippen molar-refractivity contribution in [1.82, 2.24) is 4.98 Å². The third-order valence-corrected chi connectivity index (χ3v) is 3.54. The Morgan fingerprint density at radius 1 is 1.27 bits per heavy atom. The number of phenolic OH excluding ortho intramolecular Hbond substituents is 1. The first kappa shape index (κ1) is 16.0. The summed E-state index contributed by atoms with van der Waals surface area (Å²) in [6, 6.07) is 6.43. The zero-order chi connectivity index (χ0) is 15.9. The second-order valence-electron chi connectivity index (χ2n) is 4.52. The minimum atomic E-state index is -0.338. The maximum absolute atomic E-state index is 11.9. The Hall–Kier alpha value is -2.41. The molecule has 6 nitrogen and oxygen atoms in total. The summed E-state index contributed by atoms with van der Waals surface area (Å²) >= 11 is 1.26. The fourth-order valence-corrected chi connectivity index (χ4v) is 2.49. The number of amides is 1. The van der Waals surface area contributed by atoms with E-state index in [1.54, 1.807) is 24.4 Å². The molecule has 1 aromatic heterocycles. The second-order valence-corrected chi connectivity index (χ2v) is 5.38. The van der Waals surface area contributed by atoms with Gasteiger partial charge in [0, 0.05) is 5.38 Å². The zero-order valence-electron chi connectivity index (χ0n) is 12.0. The number of nitrogens with one attached hydrogen (secondary N) is 1. The SMILES string of the molecule is CCOC(=O)Cc1csc(NC(=O)Cc2ccc(O)cc2)n1. The van der Waals surface area contributed by atoms with Crippen LogP contribution in [-0.2, 0) is 27.2 Å². The van der Waals surface area contributed by atoms with Crippen LogP contribution in [-0.4, -0.2) is 28.6 Å². The number of hydrogen-bond acceptors (Lipinski definition) is 6. The van der Waals surface area contributed by atoms with Crippen molar-refractivity contribution in [3.63, 3.8) is 0 Å². The first-order valence-electron chi connectivity index (χ1n) is 6.74. The number of benzene rings is 1. The molecule has 0 unspecified atom stereocenters. The average Bonchev–Trinajstić information content (AvgIpc) is 2.88. The van der Waals surface area contributed by atoms with Crippen LogP contribution in [0.15, 0.2) is 29.6 Å². The van der Waals surface area contributed by atoms with Crippen LogP contribution in [0.3, 0.4) is 0 Å². The van der Waals surface area contributed by atoms with Gasteiger partial charge in [0.25, 0.3) is 0 Å². The zero-order valence-corrected chi connectivity index (χ0v) is 12.9. The molecule has 0 atom stereocenters. The summed E-state index contributed by atoms with van der Waals surface area (Å²) < 4.78 is 4.84. The molecule has 0 radical (unpaired) electrons. The molecule has 2 rings (SSSR count). The third kappa shape index (κ3) is 4.85. The van der Waals surface area contributed by atoms with Crippen LogP contribution in [0.5, 0.6) is 5.75 Å². The van der Waals surface area contributed by atoms with Gasteiger partial charge >= 0.3 is 5.97 Å². The largest absolute Gasteiger partial charge is 0.508 e. The van der Waals surface area contributed by atoms with Gasteiger partial charge in [-0.15, -0.1) is 11.3 Å². The van der Waals surface area contributed by atoms with E-state index in [0.29, 0.717) is 17.4 Å². The van der Waals surface area contributed by atoms with Crippen LogP contribution >= 0.6 is 11.3 Å². The van der Waals surface area contributed by atoms with Gasteiger partial charge in [-0.05, 0) is 24.6 Å². The number of carbonyl (C=O) groups is 2. The molecule has 0 saturated heterocycles. The van der Waals surface area contributed by atoms with Gasteiger partial charge in [-0.3, -0.25) is 9.59 Å². The van der Waals surface area contributed by atoms with Gasteiger partial charge in [0.2, 0.25) is 5.91 Å². The average molecular weight is 320 g/mol. The van der Waals surface area contributed by atoms with Crippen LogP contribution in [0.25, 0.3) is 0 Å². The summed E-state index contributed by atoms with van der Waals surface area (Å²) in [4.78, 5) is 27.4. The van der Waals surface area contributed by atoms with Crippen molar-refractivity contribution in [2.24, 2.45) is 0 Å². The Morgan fingerprint density at radius 3 is 2.68 bits per heavy atom. The molecular weight excluding hydrogens is 304 g/mol. The Kier molecular flexibility index (Phi) is 5.48. The summed E-state index contributed by atoms with van der Waals surface area (Å²) in [5.41, 5.74) is 1.36. The number of thiazole rings is 1. The van der Waals surface area contributed by atoms with E-state index in [9.17, 15) is 14.7 Å². The van der Waals surface area contributed by atoms with E-state index in [0.717, 1.165) is 5.56 Å². The Balaban J connectivity index is 1.88. The van der Waals surface area contributed by atoms with Crippen LogP contribution in [0.1, 0.15) is 18.2 Å². The van der Waals surface area contributed by atoms with Crippen molar-refractivity contribution >= 4 is 28.3 Å². The lowest BCUT2D eigenvalue weighted by Gasteiger charge is -2.02. The van der Waals surface area contributed by atoms with Crippen molar-refractivity contribution in [3.05, 3.63) is 40.9 Å². The number of anilines is 1. The normalized spacial score (nSPS) is 10.2. The smallest absolute Gasteiger partial charge is 0.311 e. The molecule has 1 heterocycles. The standard InChI is InChI=1S/C15H16N2O4S/c1-2-21-14(20)8-11-9-22-15(16-11)17-13(19)7-10-3-5-12(18)6-4-10/h3-6,9,18H,2,7-8H2,1H3,(H,16,17,19). The van der Waals surface area contributed by atoms with Crippen molar-refractivity contribution in [2.75, 3.05) is 11.9 Å². The van der Waals surface area contributed by atoms with Crippen LogP contribution in [0, 0.1) is 0 Å². The molecule has 2 N–H and O–H groups in total. The second kappa shape index (κ2) is 7.56. The number of hydrogen-bond donors (Lipinski definition) is 2. The molecule has 116 valence electrons. The first-order chi connectivity index (χ1) is 10.6. The van der Waals surface area contributed by atoms with Crippen molar-refractivity contribution < 1.29 is 19.4 Å². The highest BCUT2D eigenvalue weighted by Crippen LogP contribution is 2.17. The van der Waals surface area contributed by atoms with Gasteiger partial charge < -0.3 is 15.2 Å². The minimum Gasteiger partial charge on any atom is -0.508 e. The number of aromatic hydroxyl groups is 1. The molecule has 0 fully saturated rings. The molecule has 0 spiro atoms. The van der Waals surface area contributed by atoms with Gasteiger partial charge in [0.1, 0.15) is 5.75 Å². The van der Waals surface area contributed by atoms with Gasteiger partial charge in [-0.1, -0.05) is 12.1 Å². The highest BCUT2D eigenvalue weighted by molar-refractivity contribution is 7.13. The molecule has 0 bridgehead atoms. The topological polar surface area (TPSA) is 88.5 Å². The highest BCUT2D eigenvalue weighted by Gasteiger charge is 2.10. The van der Waals surface area contributed by atoms with Crippen LogP contribution < -0.4 is 5.32 Å². The van der Waals surface area contributed by atoms with Crippen LogP contribution in [0.2, 0.25) is 0 Å². The number of phenols is 1.